The van der Waals surface area contributed by atoms with Gasteiger partial charge in [0.05, 0.1) is 12.2 Å². The molecule has 0 aliphatic carbocycles. The molecule has 0 bridgehead atoms. The molecule has 0 aliphatic rings. The van der Waals surface area contributed by atoms with Gasteiger partial charge < -0.3 is 4.74 Å². The average Bonchev–Trinajstić information content (AvgIpc) is 2.62. The number of benzene rings is 3. The molecule has 0 N–H and O–H groups in total. The summed E-state index contributed by atoms with van der Waals surface area (Å²) in [6.45, 7) is 4.29. The molecule has 0 saturated heterocycles. The molecule has 0 spiro atoms. The van der Waals surface area contributed by atoms with Gasteiger partial charge >= 0.3 is 5.97 Å². The molecule has 0 radical (unpaired) electrons. The molecule has 3 heteroatoms. The Labute approximate surface area is 162 Å². The molecular formula is C22H19IO2. The summed E-state index contributed by atoms with van der Waals surface area (Å²) < 4.78 is 6.22. The smallest absolute Gasteiger partial charge is 0.338 e. The number of rotatable bonds is 4. The van der Waals surface area contributed by atoms with E-state index in [1.54, 1.807) is 0 Å². The van der Waals surface area contributed by atoms with Gasteiger partial charge in [-0.05, 0) is 89.0 Å². The Morgan fingerprint density at radius 2 is 1.36 bits per heavy atom. The molecule has 25 heavy (non-hydrogen) atoms. The molecule has 0 aromatic heterocycles. The molecular weight excluding hydrogens is 423 g/mol. The van der Waals surface area contributed by atoms with Gasteiger partial charge in [-0.3, -0.25) is 0 Å². The van der Waals surface area contributed by atoms with Crippen LogP contribution in [0.2, 0.25) is 0 Å². The highest BCUT2D eigenvalue weighted by Crippen LogP contribution is 2.29. The van der Waals surface area contributed by atoms with Crippen molar-refractivity contribution in [2.24, 2.45) is 0 Å². The fourth-order valence-corrected chi connectivity index (χ4v) is 3.35. The minimum Gasteiger partial charge on any atom is -0.462 e. The Bertz CT molecular complexity index is 881. The van der Waals surface area contributed by atoms with Crippen LogP contribution in [0.25, 0.3) is 22.3 Å². The monoisotopic (exact) mass is 442 g/mol. The lowest BCUT2D eigenvalue weighted by Gasteiger charge is -2.09. The third-order valence-corrected chi connectivity index (χ3v) is 4.63. The highest BCUT2D eigenvalue weighted by atomic mass is 127. The summed E-state index contributed by atoms with van der Waals surface area (Å²) in [5.41, 5.74) is 6.45. The van der Waals surface area contributed by atoms with Crippen LogP contribution in [0, 0.1) is 10.5 Å². The fourth-order valence-electron chi connectivity index (χ4n) is 2.68. The first-order chi connectivity index (χ1) is 12.1. The van der Waals surface area contributed by atoms with Crippen molar-refractivity contribution in [2.75, 3.05) is 6.61 Å². The van der Waals surface area contributed by atoms with Gasteiger partial charge in [0.2, 0.25) is 0 Å². The van der Waals surface area contributed by atoms with Gasteiger partial charge in [-0.2, -0.15) is 0 Å². The van der Waals surface area contributed by atoms with Crippen molar-refractivity contribution in [3.8, 4) is 22.3 Å². The molecule has 3 rings (SSSR count). The highest BCUT2D eigenvalue weighted by molar-refractivity contribution is 14.1. The van der Waals surface area contributed by atoms with Crippen LogP contribution in [0.3, 0.4) is 0 Å². The lowest BCUT2D eigenvalue weighted by atomic mass is 9.98. The quantitative estimate of drug-likeness (QED) is 0.360. The summed E-state index contributed by atoms with van der Waals surface area (Å²) in [4.78, 5) is 11.8. The van der Waals surface area contributed by atoms with Crippen LogP contribution in [-0.2, 0) is 4.74 Å². The number of esters is 1. The molecule has 3 aromatic rings. The Morgan fingerprint density at radius 3 is 1.88 bits per heavy atom. The fraction of sp³-hybridized carbons (Fsp3) is 0.136. The average molecular weight is 442 g/mol. The minimum absolute atomic E-state index is 0.281. The van der Waals surface area contributed by atoms with Gasteiger partial charge in [-0.15, -0.1) is 0 Å². The van der Waals surface area contributed by atoms with Crippen molar-refractivity contribution >= 4 is 28.6 Å². The van der Waals surface area contributed by atoms with E-state index < -0.39 is 0 Å². The standard InChI is InChI=1S/C22H19IO2/c1-3-25-22(24)18-10-8-17(9-11-18)20-12-19(13-21(23)14-20)16-6-4-15(2)5-7-16/h4-14H,3H2,1-2H3. The summed E-state index contributed by atoms with van der Waals surface area (Å²) in [7, 11) is 0. The molecule has 0 saturated carbocycles. The predicted molar refractivity (Wildman–Crippen MR) is 111 cm³/mol. The second-order valence-electron chi connectivity index (χ2n) is 5.89. The third kappa shape index (κ3) is 4.28. The number of ether oxygens (including phenoxy) is 1. The maximum atomic E-state index is 11.8. The van der Waals surface area contributed by atoms with Gasteiger partial charge in [0.25, 0.3) is 0 Å². The summed E-state index contributed by atoms with van der Waals surface area (Å²) in [5.74, 6) is -0.281. The van der Waals surface area contributed by atoms with E-state index >= 15 is 0 Å². The lowest BCUT2D eigenvalue weighted by Crippen LogP contribution is -2.03. The van der Waals surface area contributed by atoms with Crippen molar-refractivity contribution in [2.45, 2.75) is 13.8 Å². The Morgan fingerprint density at radius 1 is 0.840 bits per heavy atom. The molecule has 0 aliphatic heterocycles. The van der Waals surface area contributed by atoms with E-state index in [9.17, 15) is 4.79 Å². The summed E-state index contributed by atoms with van der Waals surface area (Å²) >= 11 is 2.35. The van der Waals surface area contributed by atoms with Crippen LogP contribution >= 0.6 is 22.6 Å². The topological polar surface area (TPSA) is 26.3 Å². The van der Waals surface area contributed by atoms with Gasteiger partial charge in [0, 0.05) is 3.57 Å². The minimum atomic E-state index is -0.281. The van der Waals surface area contributed by atoms with E-state index in [0.29, 0.717) is 12.2 Å². The number of carbonyl (C=O) groups is 1. The Hall–Kier alpha value is -2.14. The van der Waals surface area contributed by atoms with E-state index in [2.05, 4.69) is 72.0 Å². The van der Waals surface area contributed by atoms with Crippen molar-refractivity contribution in [3.63, 3.8) is 0 Å². The molecule has 0 unspecified atom stereocenters. The van der Waals surface area contributed by atoms with Gasteiger partial charge in [-0.1, -0.05) is 42.0 Å². The van der Waals surface area contributed by atoms with Crippen LogP contribution in [-0.4, -0.2) is 12.6 Å². The molecule has 2 nitrogen and oxygen atoms in total. The largest absolute Gasteiger partial charge is 0.462 e. The SMILES string of the molecule is CCOC(=O)c1ccc(-c2cc(I)cc(-c3ccc(C)cc3)c2)cc1. The van der Waals surface area contributed by atoms with Crippen LogP contribution in [0.5, 0.6) is 0 Å². The normalized spacial score (nSPS) is 10.5. The van der Waals surface area contributed by atoms with Crippen molar-refractivity contribution in [1.82, 2.24) is 0 Å². The van der Waals surface area contributed by atoms with Crippen molar-refractivity contribution in [1.29, 1.82) is 0 Å². The Balaban J connectivity index is 1.95. The van der Waals surface area contributed by atoms with Crippen LogP contribution in [0.4, 0.5) is 0 Å². The molecule has 0 heterocycles. The zero-order valence-corrected chi connectivity index (χ0v) is 16.4. The molecule has 126 valence electrons. The molecule has 0 fully saturated rings. The molecule has 0 atom stereocenters. The maximum Gasteiger partial charge on any atom is 0.338 e. The maximum absolute atomic E-state index is 11.8. The zero-order valence-electron chi connectivity index (χ0n) is 14.3. The van der Waals surface area contributed by atoms with E-state index in [1.165, 1.54) is 20.3 Å². The lowest BCUT2D eigenvalue weighted by molar-refractivity contribution is 0.0526. The van der Waals surface area contributed by atoms with E-state index in [0.717, 1.165) is 11.1 Å². The van der Waals surface area contributed by atoms with Gasteiger partial charge in [0.15, 0.2) is 0 Å². The highest BCUT2D eigenvalue weighted by Gasteiger charge is 2.08. The Kier molecular flexibility index (Phi) is 5.53. The predicted octanol–water partition coefficient (Wildman–Crippen LogP) is 6.11. The molecule has 0 amide bonds. The number of carbonyl (C=O) groups excluding carboxylic acids is 1. The van der Waals surface area contributed by atoms with E-state index in [-0.39, 0.29) is 5.97 Å². The van der Waals surface area contributed by atoms with Crippen molar-refractivity contribution < 1.29 is 9.53 Å². The summed E-state index contributed by atoms with van der Waals surface area (Å²) in [6.07, 6.45) is 0. The first kappa shape index (κ1) is 17.7. The van der Waals surface area contributed by atoms with E-state index in [1.807, 2.05) is 31.2 Å². The zero-order chi connectivity index (χ0) is 17.8. The van der Waals surface area contributed by atoms with Crippen LogP contribution < -0.4 is 0 Å². The van der Waals surface area contributed by atoms with Crippen LogP contribution in [0.15, 0.2) is 66.7 Å². The van der Waals surface area contributed by atoms with Crippen LogP contribution in [0.1, 0.15) is 22.8 Å². The number of aryl methyl sites for hydroxylation is 1. The third-order valence-electron chi connectivity index (χ3n) is 4.01. The summed E-state index contributed by atoms with van der Waals surface area (Å²) in [6, 6.07) is 22.6. The second kappa shape index (κ2) is 7.83. The number of halogens is 1. The van der Waals surface area contributed by atoms with Crippen molar-refractivity contribution in [3.05, 3.63) is 81.4 Å². The number of hydrogen-bond acceptors (Lipinski definition) is 2. The van der Waals surface area contributed by atoms with Gasteiger partial charge in [0.1, 0.15) is 0 Å². The number of hydrogen-bond donors (Lipinski definition) is 0. The first-order valence-corrected chi connectivity index (χ1v) is 9.30. The first-order valence-electron chi connectivity index (χ1n) is 8.22. The van der Waals surface area contributed by atoms with Gasteiger partial charge in [-0.25, -0.2) is 4.79 Å². The summed E-state index contributed by atoms with van der Waals surface area (Å²) in [5, 5.41) is 0. The second-order valence-corrected chi connectivity index (χ2v) is 7.14. The molecule has 3 aromatic carbocycles. The van der Waals surface area contributed by atoms with E-state index in [4.69, 9.17) is 4.74 Å².